The Kier molecular flexibility index (Phi) is 6.08. The molecule has 0 spiro atoms. The number of hydrogen-bond acceptors (Lipinski definition) is 4. The number of likely N-dealkylation sites (tertiary alicyclic amines) is 1. The molecule has 3 aromatic rings. The molecule has 156 valence electrons. The minimum Gasteiger partial charge on any atom is -0.339 e. The predicted octanol–water partition coefficient (Wildman–Crippen LogP) is 4.08. The molecule has 1 aromatic heterocycles. The van der Waals surface area contributed by atoms with Crippen molar-refractivity contribution >= 4 is 40.3 Å². The van der Waals surface area contributed by atoms with Gasteiger partial charge in [-0.25, -0.2) is 4.98 Å². The van der Waals surface area contributed by atoms with E-state index >= 15 is 0 Å². The van der Waals surface area contributed by atoms with Crippen LogP contribution in [0.1, 0.15) is 34.6 Å². The van der Waals surface area contributed by atoms with Gasteiger partial charge in [0.05, 0.1) is 16.8 Å². The number of carbonyl (C=O) groups excluding carboxylic acids is 2. The number of amides is 2. The molecule has 0 atom stereocenters. The number of nitrogens with zero attached hydrogens (tertiary/aromatic N) is 3. The third-order valence-corrected chi connectivity index (χ3v) is 6.09. The van der Waals surface area contributed by atoms with Crippen LogP contribution in [0.2, 0.25) is 0 Å². The van der Waals surface area contributed by atoms with Gasteiger partial charge in [-0.2, -0.15) is 11.8 Å². The average Bonchev–Trinajstić information content (AvgIpc) is 3.39. The first-order chi connectivity index (χ1) is 14.6. The van der Waals surface area contributed by atoms with Gasteiger partial charge in [-0.1, -0.05) is 18.2 Å². The van der Waals surface area contributed by atoms with E-state index in [1.165, 1.54) is 0 Å². The standard InChI is InChI=1S/C23H26N4O2S/c1-16-17(23(29)26-12-5-6-13-26)8-7-10-18(16)25-22(28)14-27-20-11-4-3-9-19(20)24-21(27)15-30-2/h3-4,7-11H,5-6,12-15H2,1-2H3,(H,25,28). The third kappa shape index (κ3) is 4.07. The maximum Gasteiger partial charge on any atom is 0.254 e. The van der Waals surface area contributed by atoms with Gasteiger partial charge in [-0.15, -0.1) is 0 Å². The number of rotatable bonds is 6. The molecular weight excluding hydrogens is 396 g/mol. The Morgan fingerprint density at radius 1 is 1.10 bits per heavy atom. The van der Waals surface area contributed by atoms with Crippen molar-refractivity contribution in [2.45, 2.75) is 32.1 Å². The van der Waals surface area contributed by atoms with Crippen molar-refractivity contribution in [2.24, 2.45) is 0 Å². The summed E-state index contributed by atoms with van der Waals surface area (Å²) < 4.78 is 1.97. The van der Waals surface area contributed by atoms with Crippen molar-refractivity contribution in [1.82, 2.24) is 14.5 Å². The average molecular weight is 423 g/mol. The molecule has 6 nitrogen and oxygen atoms in total. The minimum absolute atomic E-state index is 0.0453. The molecular formula is C23H26N4O2S. The van der Waals surface area contributed by atoms with E-state index in [0.717, 1.165) is 54.1 Å². The van der Waals surface area contributed by atoms with Gasteiger partial charge in [-0.05, 0) is 55.9 Å². The Labute approximate surface area is 180 Å². The van der Waals surface area contributed by atoms with Gasteiger partial charge >= 0.3 is 0 Å². The second kappa shape index (κ2) is 8.92. The maximum absolute atomic E-state index is 12.9. The number of carbonyl (C=O) groups is 2. The first-order valence-electron chi connectivity index (χ1n) is 10.2. The lowest BCUT2D eigenvalue weighted by Crippen LogP contribution is -2.28. The molecule has 2 aromatic carbocycles. The SMILES string of the molecule is CSCc1nc2ccccc2n1CC(=O)Nc1cccc(C(=O)N2CCCC2)c1C. The molecule has 2 amide bonds. The monoisotopic (exact) mass is 422 g/mol. The molecule has 0 bridgehead atoms. The van der Waals surface area contributed by atoms with Crippen LogP contribution in [0.25, 0.3) is 11.0 Å². The summed E-state index contributed by atoms with van der Waals surface area (Å²) in [7, 11) is 0. The molecule has 0 unspecified atom stereocenters. The summed E-state index contributed by atoms with van der Waals surface area (Å²) in [6.07, 6.45) is 4.13. The van der Waals surface area contributed by atoms with Crippen molar-refractivity contribution in [3.63, 3.8) is 0 Å². The first kappa shape index (κ1) is 20.5. The highest BCUT2D eigenvalue weighted by molar-refractivity contribution is 7.97. The lowest BCUT2D eigenvalue weighted by atomic mass is 10.1. The van der Waals surface area contributed by atoms with Gasteiger partial charge in [0.1, 0.15) is 12.4 Å². The number of benzene rings is 2. The fraction of sp³-hybridized carbons (Fsp3) is 0.348. The van der Waals surface area contributed by atoms with E-state index in [-0.39, 0.29) is 18.4 Å². The first-order valence-corrected chi connectivity index (χ1v) is 11.6. The summed E-state index contributed by atoms with van der Waals surface area (Å²) >= 11 is 1.68. The van der Waals surface area contributed by atoms with Gasteiger partial charge in [-0.3, -0.25) is 9.59 Å². The van der Waals surface area contributed by atoms with E-state index in [4.69, 9.17) is 0 Å². The zero-order chi connectivity index (χ0) is 21.1. The molecule has 0 aliphatic carbocycles. The molecule has 1 aliphatic heterocycles. The fourth-order valence-corrected chi connectivity index (χ4v) is 4.45. The molecule has 0 radical (unpaired) electrons. The van der Waals surface area contributed by atoms with Crippen LogP contribution in [0.4, 0.5) is 5.69 Å². The topological polar surface area (TPSA) is 67.2 Å². The van der Waals surface area contributed by atoms with E-state index in [9.17, 15) is 9.59 Å². The van der Waals surface area contributed by atoms with E-state index < -0.39 is 0 Å². The molecule has 7 heteroatoms. The summed E-state index contributed by atoms with van der Waals surface area (Å²) in [5.41, 5.74) is 3.99. The lowest BCUT2D eigenvalue weighted by Gasteiger charge is -2.18. The van der Waals surface area contributed by atoms with Crippen molar-refractivity contribution in [3.05, 3.63) is 59.4 Å². The number of aromatic nitrogens is 2. The lowest BCUT2D eigenvalue weighted by molar-refractivity contribution is -0.116. The van der Waals surface area contributed by atoms with Crippen LogP contribution < -0.4 is 5.32 Å². The Bertz CT molecular complexity index is 1090. The Morgan fingerprint density at radius 3 is 2.63 bits per heavy atom. The van der Waals surface area contributed by atoms with Gasteiger partial charge in [0.15, 0.2) is 0 Å². The van der Waals surface area contributed by atoms with Crippen LogP contribution >= 0.6 is 11.8 Å². The molecule has 30 heavy (non-hydrogen) atoms. The normalized spacial score (nSPS) is 13.7. The summed E-state index contributed by atoms with van der Waals surface area (Å²) in [5.74, 6) is 1.53. The quantitative estimate of drug-likeness (QED) is 0.650. The number of nitrogens with one attached hydrogen (secondary N) is 1. The van der Waals surface area contributed by atoms with Crippen LogP contribution in [-0.2, 0) is 17.1 Å². The Balaban J connectivity index is 1.55. The van der Waals surface area contributed by atoms with E-state index in [1.807, 2.05) is 65.1 Å². The van der Waals surface area contributed by atoms with E-state index in [1.54, 1.807) is 11.8 Å². The summed E-state index contributed by atoms with van der Waals surface area (Å²) in [5, 5.41) is 3.00. The molecule has 0 saturated carbocycles. The van der Waals surface area contributed by atoms with Gasteiger partial charge in [0, 0.05) is 24.3 Å². The van der Waals surface area contributed by atoms with Crippen LogP contribution in [0.15, 0.2) is 42.5 Å². The van der Waals surface area contributed by atoms with Crippen molar-refractivity contribution in [3.8, 4) is 0 Å². The fourth-order valence-electron chi connectivity index (χ4n) is 3.97. The summed E-state index contributed by atoms with van der Waals surface area (Å²) in [4.78, 5) is 32.3. The minimum atomic E-state index is -0.130. The second-order valence-corrected chi connectivity index (χ2v) is 8.43. The number of fused-ring (bicyclic) bond motifs is 1. The van der Waals surface area contributed by atoms with Crippen LogP contribution in [-0.4, -0.2) is 45.6 Å². The van der Waals surface area contributed by atoms with Gasteiger partial charge < -0.3 is 14.8 Å². The zero-order valence-electron chi connectivity index (χ0n) is 17.4. The number of para-hydroxylation sites is 2. The van der Waals surface area contributed by atoms with Gasteiger partial charge in [0.2, 0.25) is 5.91 Å². The van der Waals surface area contributed by atoms with Crippen molar-refractivity contribution in [1.29, 1.82) is 0 Å². The highest BCUT2D eigenvalue weighted by Crippen LogP contribution is 2.23. The molecule has 4 rings (SSSR count). The predicted molar refractivity (Wildman–Crippen MR) is 122 cm³/mol. The van der Waals surface area contributed by atoms with Crippen LogP contribution in [0.5, 0.6) is 0 Å². The number of thioether (sulfide) groups is 1. The molecule has 1 saturated heterocycles. The number of anilines is 1. The van der Waals surface area contributed by atoms with Crippen molar-refractivity contribution < 1.29 is 9.59 Å². The summed E-state index contributed by atoms with van der Waals surface area (Å²) in [6.45, 7) is 3.69. The smallest absolute Gasteiger partial charge is 0.254 e. The number of hydrogen-bond donors (Lipinski definition) is 1. The maximum atomic E-state index is 12.9. The number of imidazole rings is 1. The molecule has 2 heterocycles. The van der Waals surface area contributed by atoms with Gasteiger partial charge in [0.25, 0.3) is 5.91 Å². The van der Waals surface area contributed by atoms with E-state index in [2.05, 4.69) is 10.3 Å². The highest BCUT2D eigenvalue weighted by Gasteiger charge is 2.22. The van der Waals surface area contributed by atoms with Crippen LogP contribution in [0.3, 0.4) is 0 Å². The Morgan fingerprint density at radius 2 is 1.87 bits per heavy atom. The molecule has 1 N–H and O–H groups in total. The zero-order valence-corrected chi connectivity index (χ0v) is 18.2. The Hall–Kier alpha value is -2.80. The van der Waals surface area contributed by atoms with E-state index in [0.29, 0.717) is 11.3 Å². The van der Waals surface area contributed by atoms with Crippen LogP contribution in [0, 0.1) is 6.92 Å². The largest absolute Gasteiger partial charge is 0.339 e. The third-order valence-electron chi connectivity index (χ3n) is 5.54. The van der Waals surface area contributed by atoms with Crippen molar-refractivity contribution in [2.75, 3.05) is 24.7 Å². The molecule has 1 fully saturated rings. The second-order valence-electron chi connectivity index (χ2n) is 7.56. The molecule has 1 aliphatic rings. The highest BCUT2D eigenvalue weighted by atomic mass is 32.2. The summed E-state index contributed by atoms with van der Waals surface area (Å²) in [6, 6.07) is 13.4.